The second kappa shape index (κ2) is 7.36. The van der Waals surface area contributed by atoms with E-state index in [9.17, 15) is 4.79 Å². The van der Waals surface area contributed by atoms with Crippen molar-refractivity contribution in [3.05, 3.63) is 54.1 Å². The van der Waals surface area contributed by atoms with Gasteiger partial charge in [0.1, 0.15) is 5.75 Å². The molecule has 1 N–H and O–H groups in total. The molecule has 0 unspecified atom stereocenters. The van der Waals surface area contributed by atoms with Gasteiger partial charge in [-0.05, 0) is 42.5 Å². The summed E-state index contributed by atoms with van der Waals surface area (Å²) in [4.78, 5) is 12.9. The normalized spacial score (nSPS) is 9.71. The Hall–Kier alpha value is -2.45. The average molecular weight is 298 g/mol. The van der Waals surface area contributed by atoms with E-state index in [1.165, 1.54) is 11.8 Å². The highest BCUT2D eigenvalue weighted by molar-refractivity contribution is 8.00. The third-order valence-corrected chi connectivity index (χ3v) is 3.72. The molecular weight excluding hydrogens is 284 g/mol. The topological polar surface area (TPSA) is 62.1 Å². The maximum absolute atomic E-state index is 11.9. The molecule has 106 valence electrons. The van der Waals surface area contributed by atoms with Crippen molar-refractivity contribution in [2.24, 2.45) is 0 Å². The standard InChI is InChI=1S/C16H14N2O2S/c1-20-14-5-7-15(8-6-14)21-11-16(19)18-13-4-2-3-12(9-13)10-17/h2-9H,11H2,1H3,(H,18,19). The van der Waals surface area contributed by atoms with Gasteiger partial charge in [-0.3, -0.25) is 4.79 Å². The molecule has 0 aliphatic rings. The Morgan fingerprint density at radius 1 is 1.29 bits per heavy atom. The van der Waals surface area contributed by atoms with Crippen molar-refractivity contribution in [2.45, 2.75) is 4.90 Å². The van der Waals surface area contributed by atoms with E-state index < -0.39 is 0 Å². The molecule has 0 radical (unpaired) electrons. The smallest absolute Gasteiger partial charge is 0.234 e. The first kappa shape index (κ1) is 14.9. The predicted molar refractivity (Wildman–Crippen MR) is 83.5 cm³/mol. The molecule has 4 nitrogen and oxygen atoms in total. The van der Waals surface area contributed by atoms with Gasteiger partial charge in [0.25, 0.3) is 0 Å². The molecule has 2 aromatic carbocycles. The molecule has 0 aliphatic carbocycles. The van der Waals surface area contributed by atoms with Crippen LogP contribution in [-0.2, 0) is 4.79 Å². The third kappa shape index (κ3) is 4.55. The van der Waals surface area contributed by atoms with E-state index in [0.717, 1.165) is 10.6 Å². The lowest BCUT2D eigenvalue weighted by atomic mass is 10.2. The maximum atomic E-state index is 11.9. The SMILES string of the molecule is COc1ccc(SCC(=O)Nc2cccc(C#N)c2)cc1. The number of nitrogens with one attached hydrogen (secondary N) is 1. The van der Waals surface area contributed by atoms with Crippen molar-refractivity contribution in [3.63, 3.8) is 0 Å². The van der Waals surface area contributed by atoms with E-state index in [2.05, 4.69) is 5.32 Å². The number of hydrogen-bond donors (Lipinski definition) is 1. The number of carbonyl (C=O) groups excluding carboxylic acids is 1. The minimum Gasteiger partial charge on any atom is -0.497 e. The van der Waals surface area contributed by atoms with E-state index in [1.807, 2.05) is 30.3 Å². The van der Waals surface area contributed by atoms with Crippen LogP contribution in [0.5, 0.6) is 5.75 Å². The van der Waals surface area contributed by atoms with Crippen LogP contribution in [0.15, 0.2) is 53.4 Å². The third-order valence-electron chi connectivity index (χ3n) is 2.70. The van der Waals surface area contributed by atoms with Gasteiger partial charge in [-0.2, -0.15) is 5.26 Å². The first-order valence-electron chi connectivity index (χ1n) is 6.28. The first-order chi connectivity index (χ1) is 10.2. The van der Waals surface area contributed by atoms with Gasteiger partial charge >= 0.3 is 0 Å². The number of anilines is 1. The van der Waals surface area contributed by atoms with Crippen LogP contribution in [0.3, 0.4) is 0 Å². The molecule has 0 spiro atoms. The van der Waals surface area contributed by atoms with Crippen LogP contribution in [-0.4, -0.2) is 18.8 Å². The maximum Gasteiger partial charge on any atom is 0.234 e. The summed E-state index contributed by atoms with van der Waals surface area (Å²) in [7, 11) is 1.62. The van der Waals surface area contributed by atoms with Crippen LogP contribution in [0.2, 0.25) is 0 Å². The monoisotopic (exact) mass is 298 g/mol. The molecule has 5 heteroatoms. The van der Waals surface area contributed by atoms with E-state index in [1.54, 1.807) is 31.4 Å². The van der Waals surface area contributed by atoms with Crippen LogP contribution in [0, 0.1) is 11.3 Å². The molecule has 0 saturated heterocycles. The molecular formula is C16H14N2O2S. The lowest BCUT2D eigenvalue weighted by Crippen LogP contribution is -2.13. The van der Waals surface area contributed by atoms with Gasteiger partial charge in [-0.25, -0.2) is 0 Å². The number of thioether (sulfide) groups is 1. The Morgan fingerprint density at radius 3 is 2.71 bits per heavy atom. The zero-order valence-corrected chi connectivity index (χ0v) is 12.3. The molecule has 1 amide bonds. The number of methoxy groups -OCH3 is 1. The zero-order valence-electron chi connectivity index (χ0n) is 11.5. The molecule has 0 atom stereocenters. The van der Waals surface area contributed by atoms with Crippen molar-refractivity contribution in [2.75, 3.05) is 18.2 Å². The van der Waals surface area contributed by atoms with E-state index in [0.29, 0.717) is 17.0 Å². The number of nitriles is 1. The van der Waals surface area contributed by atoms with Crippen molar-refractivity contribution in [3.8, 4) is 11.8 Å². The summed E-state index contributed by atoms with van der Waals surface area (Å²) >= 11 is 1.44. The minimum absolute atomic E-state index is 0.106. The highest BCUT2D eigenvalue weighted by Crippen LogP contribution is 2.21. The Morgan fingerprint density at radius 2 is 2.05 bits per heavy atom. The fourth-order valence-corrected chi connectivity index (χ4v) is 2.38. The van der Waals surface area contributed by atoms with Gasteiger partial charge in [0, 0.05) is 10.6 Å². The summed E-state index contributed by atoms with van der Waals surface area (Å²) in [5.74, 6) is 0.992. The van der Waals surface area contributed by atoms with Crippen LogP contribution < -0.4 is 10.1 Å². The largest absolute Gasteiger partial charge is 0.497 e. The van der Waals surface area contributed by atoms with Gasteiger partial charge < -0.3 is 10.1 Å². The fraction of sp³-hybridized carbons (Fsp3) is 0.125. The number of ether oxygens (including phenoxy) is 1. The quantitative estimate of drug-likeness (QED) is 0.860. The predicted octanol–water partition coefficient (Wildman–Crippen LogP) is 3.30. The molecule has 0 heterocycles. The second-order valence-electron chi connectivity index (χ2n) is 4.20. The van der Waals surface area contributed by atoms with E-state index >= 15 is 0 Å². The number of hydrogen-bond acceptors (Lipinski definition) is 4. The lowest BCUT2D eigenvalue weighted by Gasteiger charge is -2.06. The summed E-state index contributed by atoms with van der Waals surface area (Å²) < 4.78 is 5.08. The van der Waals surface area contributed by atoms with Crippen molar-refractivity contribution in [1.82, 2.24) is 0 Å². The fourth-order valence-electron chi connectivity index (χ4n) is 1.68. The number of amides is 1. The highest BCUT2D eigenvalue weighted by atomic mass is 32.2. The van der Waals surface area contributed by atoms with Crippen LogP contribution in [0.4, 0.5) is 5.69 Å². The molecule has 0 aromatic heterocycles. The first-order valence-corrected chi connectivity index (χ1v) is 7.26. The van der Waals surface area contributed by atoms with Crippen LogP contribution >= 0.6 is 11.8 Å². The summed E-state index contributed by atoms with van der Waals surface area (Å²) in [6.45, 7) is 0. The Labute approximate surface area is 127 Å². The Balaban J connectivity index is 1.88. The average Bonchev–Trinajstić information content (AvgIpc) is 2.53. The van der Waals surface area contributed by atoms with Crippen LogP contribution in [0.1, 0.15) is 5.56 Å². The number of benzene rings is 2. The molecule has 0 saturated carbocycles. The second-order valence-corrected chi connectivity index (χ2v) is 5.25. The minimum atomic E-state index is -0.106. The van der Waals surface area contributed by atoms with Crippen molar-refractivity contribution < 1.29 is 9.53 Å². The summed E-state index contributed by atoms with van der Waals surface area (Å²) in [6, 6.07) is 16.4. The number of nitrogens with zero attached hydrogens (tertiary/aromatic N) is 1. The van der Waals surface area contributed by atoms with Crippen molar-refractivity contribution >= 4 is 23.4 Å². The van der Waals surface area contributed by atoms with Gasteiger partial charge in [-0.1, -0.05) is 6.07 Å². The Bertz CT molecular complexity index is 663. The van der Waals surface area contributed by atoms with Gasteiger partial charge in [0.2, 0.25) is 5.91 Å². The molecule has 2 rings (SSSR count). The van der Waals surface area contributed by atoms with E-state index in [-0.39, 0.29) is 5.91 Å². The van der Waals surface area contributed by atoms with Crippen molar-refractivity contribution in [1.29, 1.82) is 5.26 Å². The summed E-state index contributed by atoms with van der Waals surface area (Å²) in [6.07, 6.45) is 0. The molecule has 0 aliphatic heterocycles. The van der Waals surface area contributed by atoms with E-state index in [4.69, 9.17) is 10.00 Å². The summed E-state index contributed by atoms with van der Waals surface area (Å²) in [5.41, 5.74) is 1.16. The summed E-state index contributed by atoms with van der Waals surface area (Å²) in [5, 5.41) is 11.6. The number of rotatable bonds is 5. The Kier molecular flexibility index (Phi) is 5.24. The molecule has 0 fully saturated rings. The molecule has 21 heavy (non-hydrogen) atoms. The van der Waals surface area contributed by atoms with Gasteiger partial charge in [0.15, 0.2) is 0 Å². The van der Waals surface area contributed by atoms with Crippen LogP contribution in [0.25, 0.3) is 0 Å². The lowest BCUT2D eigenvalue weighted by molar-refractivity contribution is -0.113. The number of carbonyl (C=O) groups is 1. The highest BCUT2D eigenvalue weighted by Gasteiger charge is 2.04. The van der Waals surface area contributed by atoms with Gasteiger partial charge in [0.05, 0.1) is 24.5 Å². The molecule has 2 aromatic rings. The van der Waals surface area contributed by atoms with Gasteiger partial charge in [-0.15, -0.1) is 11.8 Å². The zero-order chi connectivity index (χ0) is 15.1. The molecule has 0 bridgehead atoms.